The summed E-state index contributed by atoms with van der Waals surface area (Å²) < 4.78 is 7.48. The number of anilines is 1. The molecular weight excluding hydrogens is 236 g/mol. The van der Waals surface area contributed by atoms with Crippen molar-refractivity contribution < 1.29 is 4.74 Å². The van der Waals surface area contributed by atoms with Crippen molar-refractivity contribution in [2.24, 2.45) is 5.73 Å². The van der Waals surface area contributed by atoms with Gasteiger partial charge in [0.25, 0.3) is 5.56 Å². The molecule has 96 valence electrons. The fraction of sp³-hybridized carbons (Fsp3) is 0.500. The van der Waals surface area contributed by atoms with Crippen LogP contribution in [0.25, 0.3) is 11.2 Å². The van der Waals surface area contributed by atoms with Crippen molar-refractivity contribution in [3.8, 4) is 0 Å². The molecule has 1 fully saturated rings. The minimum absolute atomic E-state index is 0.0480. The van der Waals surface area contributed by atoms with Crippen molar-refractivity contribution in [1.29, 1.82) is 0 Å². The van der Waals surface area contributed by atoms with E-state index in [0.29, 0.717) is 12.2 Å². The summed E-state index contributed by atoms with van der Waals surface area (Å²) in [5, 5.41) is 0. The molecule has 3 heterocycles. The summed E-state index contributed by atoms with van der Waals surface area (Å²) in [6.45, 7) is 0.485. The van der Waals surface area contributed by atoms with Gasteiger partial charge in [0, 0.05) is 6.54 Å². The third-order valence-corrected chi connectivity index (χ3v) is 3.11. The molecule has 0 bridgehead atoms. The summed E-state index contributed by atoms with van der Waals surface area (Å²) >= 11 is 0. The van der Waals surface area contributed by atoms with E-state index in [0.717, 1.165) is 12.8 Å². The summed E-state index contributed by atoms with van der Waals surface area (Å²) in [5.74, 6) is 0.0719. The fourth-order valence-electron chi connectivity index (χ4n) is 2.22. The van der Waals surface area contributed by atoms with E-state index in [-0.39, 0.29) is 29.4 Å². The molecule has 5 N–H and O–H groups in total. The number of nitrogen functional groups attached to an aromatic ring is 1. The number of nitrogens with one attached hydrogen (secondary N) is 1. The fourth-order valence-corrected chi connectivity index (χ4v) is 2.22. The van der Waals surface area contributed by atoms with Gasteiger partial charge in [-0.2, -0.15) is 4.98 Å². The lowest BCUT2D eigenvalue weighted by Crippen LogP contribution is -2.20. The van der Waals surface area contributed by atoms with Gasteiger partial charge in [-0.15, -0.1) is 0 Å². The highest BCUT2D eigenvalue weighted by Gasteiger charge is 2.27. The molecule has 1 aliphatic heterocycles. The van der Waals surface area contributed by atoms with Gasteiger partial charge in [0.1, 0.15) is 6.23 Å². The molecule has 2 unspecified atom stereocenters. The zero-order valence-corrected chi connectivity index (χ0v) is 9.67. The van der Waals surface area contributed by atoms with Crippen LogP contribution in [0, 0.1) is 0 Å². The van der Waals surface area contributed by atoms with Crippen LogP contribution < -0.4 is 17.0 Å². The highest BCUT2D eigenvalue weighted by Crippen LogP contribution is 2.29. The van der Waals surface area contributed by atoms with Gasteiger partial charge in [-0.05, 0) is 12.8 Å². The molecular formula is C10H14N6O2. The first-order valence-electron chi connectivity index (χ1n) is 5.77. The highest BCUT2D eigenvalue weighted by atomic mass is 16.5. The van der Waals surface area contributed by atoms with Crippen LogP contribution in [0.2, 0.25) is 0 Å². The standard InChI is InChI=1S/C10H14N6O2/c11-3-5-1-2-6(18-5)16-4-13-7-8(16)14-10(12)15-9(7)17/h4-6H,1-3,11H2,(H3,12,14,15,17). The molecule has 2 atom stereocenters. The van der Waals surface area contributed by atoms with Crippen LogP contribution in [-0.4, -0.2) is 32.2 Å². The average molecular weight is 250 g/mol. The lowest BCUT2D eigenvalue weighted by atomic mass is 10.2. The summed E-state index contributed by atoms with van der Waals surface area (Å²) in [5.41, 5.74) is 11.5. The van der Waals surface area contributed by atoms with Crippen LogP contribution in [0.4, 0.5) is 5.95 Å². The van der Waals surface area contributed by atoms with E-state index in [2.05, 4.69) is 15.0 Å². The van der Waals surface area contributed by atoms with Crippen molar-refractivity contribution in [3.63, 3.8) is 0 Å². The van der Waals surface area contributed by atoms with Gasteiger partial charge in [-0.1, -0.05) is 0 Å². The number of imidazole rings is 1. The summed E-state index contributed by atoms with van der Waals surface area (Å²) in [6.07, 6.45) is 3.13. The molecule has 1 saturated heterocycles. The smallest absolute Gasteiger partial charge is 0.280 e. The van der Waals surface area contributed by atoms with Crippen LogP contribution in [0.1, 0.15) is 19.1 Å². The quantitative estimate of drug-likeness (QED) is 0.649. The third kappa shape index (κ3) is 1.66. The Morgan fingerprint density at radius 3 is 3.11 bits per heavy atom. The molecule has 0 amide bonds. The minimum Gasteiger partial charge on any atom is -0.369 e. The van der Waals surface area contributed by atoms with Gasteiger partial charge >= 0.3 is 0 Å². The van der Waals surface area contributed by atoms with E-state index in [9.17, 15) is 4.79 Å². The largest absolute Gasteiger partial charge is 0.369 e. The van der Waals surface area contributed by atoms with E-state index in [1.54, 1.807) is 10.9 Å². The van der Waals surface area contributed by atoms with Crippen molar-refractivity contribution >= 4 is 17.1 Å². The van der Waals surface area contributed by atoms with Crippen molar-refractivity contribution in [2.45, 2.75) is 25.2 Å². The molecule has 0 aromatic carbocycles. The van der Waals surface area contributed by atoms with Gasteiger partial charge in [0.15, 0.2) is 11.2 Å². The summed E-state index contributed by atoms with van der Waals surface area (Å²) in [7, 11) is 0. The Balaban J connectivity index is 2.05. The van der Waals surface area contributed by atoms with Crippen molar-refractivity contribution in [2.75, 3.05) is 12.3 Å². The maximum Gasteiger partial charge on any atom is 0.280 e. The van der Waals surface area contributed by atoms with Gasteiger partial charge in [0.05, 0.1) is 12.4 Å². The van der Waals surface area contributed by atoms with Crippen molar-refractivity contribution in [3.05, 3.63) is 16.7 Å². The van der Waals surface area contributed by atoms with Gasteiger partial charge < -0.3 is 16.2 Å². The number of nitrogens with zero attached hydrogens (tertiary/aromatic N) is 3. The molecule has 0 spiro atoms. The Bertz CT molecular complexity index is 633. The monoisotopic (exact) mass is 250 g/mol. The topological polar surface area (TPSA) is 125 Å². The number of aromatic nitrogens is 4. The maximum atomic E-state index is 11.6. The molecule has 18 heavy (non-hydrogen) atoms. The second kappa shape index (κ2) is 4.07. The molecule has 8 nitrogen and oxygen atoms in total. The molecule has 1 aliphatic rings. The summed E-state index contributed by atoms with van der Waals surface area (Å²) in [6, 6.07) is 0. The average Bonchev–Trinajstić information content (AvgIpc) is 2.93. The van der Waals surface area contributed by atoms with Crippen LogP contribution >= 0.6 is 0 Å². The lowest BCUT2D eigenvalue weighted by Gasteiger charge is -2.13. The summed E-state index contributed by atoms with van der Waals surface area (Å²) in [4.78, 5) is 22.2. The second-order valence-electron chi connectivity index (χ2n) is 4.30. The van der Waals surface area contributed by atoms with Crippen LogP contribution in [-0.2, 0) is 4.74 Å². The Labute approximate surface area is 102 Å². The number of hydrogen-bond donors (Lipinski definition) is 3. The second-order valence-corrected chi connectivity index (χ2v) is 4.30. The third-order valence-electron chi connectivity index (χ3n) is 3.11. The molecule has 0 aliphatic carbocycles. The van der Waals surface area contributed by atoms with E-state index in [1.165, 1.54) is 0 Å². The predicted molar refractivity (Wildman–Crippen MR) is 64.8 cm³/mol. The maximum absolute atomic E-state index is 11.6. The van der Waals surface area contributed by atoms with E-state index in [1.807, 2.05) is 0 Å². The lowest BCUT2D eigenvalue weighted by molar-refractivity contribution is 0.00867. The Morgan fingerprint density at radius 2 is 2.39 bits per heavy atom. The number of hydrogen-bond acceptors (Lipinski definition) is 6. The minimum atomic E-state index is -0.343. The molecule has 2 aromatic heterocycles. The van der Waals surface area contributed by atoms with Gasteiger partial charge in [0.2, 0.25) is 5.95 Å². The Hall–Kier alpha value is -1.93. The zero-order valence-electron chi connectivity index (χ0n) is 9.67. The number of fused-ring (bicyclic) bond motifs is 1. The van der Waals surface area contributed by atoms with Crippen LogP contribution in [0.5, 0.6) is 0 Å². The molecule has 0 radical (unpaired) electrons. The first-order valence-corrected chi connectivity index (χ1v) is 5.77. The number of rotatable bonds is 2. The van der Waals surface area contributed by atoms with Gasteiger partial charge in [-0.3, -0.25) is 14.3 Å². The molecule has 2 aromatic rings. The SMILES string of the molecule is NCC1CCC(n2cnc3c(=O)[nH]c(N)nc32)O1. The Kier molecular flexibility index (Phi) is 2.53. The first-order chi connectivity index (χ1) is 8.69. The molecule has 0 saturated carbocycles. The van der Waals surface area contributed by atoms with E-state index in [4.69, 9.17) is 16.2 Å². The highest BCUT2D eigenvalue weighted by molar-refractivity contribution is 5.70. The van der Waals surface area contributed by atoms with Crippen LogP contribution in [0.3, 0.4) is 0 Å². The van der Waals surface area contributed by atoms with E-state index < -0.39 is 0 Å². The van der Waals surface area contributed by atoms with Crippen LogP contribution in [0.15, 0.2) is 11.1 Å². The van der Waals surface area contributed by atoms with E-state index >= 15 is 0 Å². The Morgan fingerprint density at radius 1 is 1.56 bits per heavy atom. The number of nitrogens with two attached hydrogens (primary N) is 2. The molecule has 8 heteroatoms. The zero-order chi connectivity index (χ0) is 12.7. The van der Waals surface area contributed by atoms with Crippen molar-refractivity contribution in [1.82, 2.24) is 19.5 Å². The number of ether oxygens (including phenoxy) is 1. The normalized spacial score (nSPS) is 23.8. The first kappa shape index (κ1) is 11.2. The molecule has 3 rings (SSSR count). The number of aromatic amines is 1. The predicted octanol–water partition coefficient (Wildman–Crippen LogP) is -0.662. The van der Waals surface area contributed by atoms with Gasteiger partial charge in [-0.25, -0.2) is 4.98 Å². The number of H-pyrrole nitrogens is 1.